The molecule has 17 heavy (non-hydrogen) atoms. The van der Waals surface area contributed by atoms with Gasteiger partial charge in [0.1, 0.15) is 6.54 Å². The summed E-state index contributed by atoms with van der Waals surface area (Å²) in [6.07, 6.45) is 0. The van der Waals surface area contributed by atoms with Crippen molar-refractivity contribution >= 4 is 34.5 Å². The molecule has 0 atom stereocenters. The maximum Gasteiger partial charge on any atom is 0.325 e. The molecular formula is C12H14INO3. The molecule has 0 heterocycles. The number of halogens is 1. The van der Waals surface area contributed by atoms with Crippen molar-refractivity contribution in [3.8, 4) is 0 Å². The van der Waals surface area contributed by atoms with Crippen molar-refractivity contribution in [3.63, 3.8) is 0 Å². The first kappa shape index (κ1) is 14.0. The van der Waals surface area contributed by atoms with Crippen LogP contribution < -0.4 is 0 Å². The number of amides is 1. The summed E-state index contributed by atoms with van der Waals surface area (Å²) < 4.78 is 5.77. The van der Waals surface area contributed by atoms with E-state index in [9.17, 15) is 9.59 Å². The van der Waals surface area contributed by atoms with Crippen LogP contribution in [0.5, 0.6) is 0 Å². The second-order valence-electron chi connectivity index (χ2n) is 3.48. The minimum absolute atomic E-state index is 0.0296. The second-order valence-corrected chi connectivity index (χ2v) is 4.72. The molecule has 1 amide bonds. The quantitative estimate of drug-likeness (QED) is 0.618. The van der Waals surface area contributed by atoms with Crippen LogP contribution >= 0.6 is 22.6 Å². The maximum absolute atomic E-state index is 12.0. The lowest BCUT2D eigenvalue weighted by Crippen LogP contribution is -2.33. The molecule has 92 valence electrons. The summed E-state index contributed by atoms with van der Waals surface area (Å²) in [6, 6.07) is 7.23. The van der Waals surface area contributed by atoms with Gasteiger partial charge in [0.2, 0.25) is 0 Å². The highest BCUT2D eigenvalue weighted by Crippen LogP contribution is 2.09. The highest BCUT2D eigenvalue weighted by molar-refractivity contribution is 14.1. The summed E-state index contributed by atoms with van der Waals surface area (Å²) in [5.41, 5.74) is 0.573. The summed E-state index contributed by atoms with van der Waals surface area (Å²) in [5, 5.41) is 0. The Morgan fingerprint density at radius 2 is 2.12 bits per heavy atom. The fraction of sp³-hybridized carbons (Fsp3) is 0.333. The summed E-state index contributed by atoms with van der Waals surface area (Å²) in [4.78, 5) is 24.5. The van der Waals surface area contributed by atoms with Gasteiger partial charge in [0.05, 0.1) is 6.61 Å². The van der Waals surface area contributed by atoms with Crippen molar-refractivity contribution < 1.29 is 14.3 Å². The largest absolute Gasteiger partial charge is 0.465 e. The van der Waals surface area contributed by atoms with E-state index in [2.05, 4.69) is 22.6 Å². The van der Waals surface area contributed by atoms with Gasteiger partial charge >= 0.3 is 5.97 Å². The lowest BCUT2D eigenvalue weighted by atomic mass is 10.2. The molecule has 1 rings (SSSR count). The monoisotopic (exact) mass is 347 g/mol. The Morgan fingerprint density at radius 3 is 2.71 bits per heavy atom. The van der Waals surface area contributed by atoms with E-state index in [1.807, 2.05) is 12.1 Å². The minimum atomic E-state index is -0.394. The van der Waals surface area contributed by atoms with Gasteiger partial charge in [-0.15, -0.1) is 0 Å². The fourth-order valence-corrected chi connectivity index (χ4v) is 1.86. The van der Waals surface area contributed by atoms with Gasteiger partial charge in [-0.2, -0.15) is 0 Å². The van der Waals surface area contributed by atoms with Crippen LogP contribution in [0.3, 0.4) is 0 Å². The van der Waals surface area contributed by atoms with Gasteiger partial charge < -0.3 is 9.64 Å². The van der Waals surface area contributed by atoms with Crippen LogP contribution in [0.1, 0.15) is 17.3 Å². The number of nitrogens with zero attached hydrogens (tertiary/aromatic N) is 1. The zero-order chi connectivity index (χ0) is 12.8. The lowest BCUT2D eigenvalue weighted by Gasteiger charge is -2.16. The standard InChI is InChI=1S/C12H14INO3/c1-3-17-11(15)8-14(2)12(16)9-5-4-6-10(13)7-9/h4-7H,3,8H2,1-2H3. The molecule has 1 aromatic carbocycles. The predicted molar refractivity (Wildman–Crippen MR) is 72.8 cm³/mol. The lowest BCUT2D eigenvalue weighted by molar-refractivity contribution is -0.143. The Labute approximate surface area is 114 Å². The zero-order valence-electron chi connectivity index (χ0n) is 9.77. The van der Waals surface area contributed by atoms with Gasteiger partial charge in [0.15, 0.2) is 0 Å². The van der Waals surface area contributed by atoms with E-state index < -0.39 is 5.97 Å². The van der Waals surface area contributed by atoms with Crippen LogP contribution in [0.4, 0.5) is 0 Å². The van der Waals surface area contributed by atoms with Crippen molar-refractivity contribution in [1.29, 1.82) is 0 Å². The SMILES string of the molecule is CCOC(=O)CN(C)C(=O)c1cccc(I)c1. The first-order valence-electron chi connectivity index (χ1n) is 5.21. The Kier molecular flexibility index (Phi) is 5.40. The first-order chi connectivity index (χ1) is 8.04. The van der Waals surface area contributed by atoms with Crippen molar-refractivity contribution in [2.45, 2.75) is 6.92 Å². The van der Waals surface area contributed by atoms with Gasteiger partial charge in [-0.3, -0.25) is 9.59 Å². The van der Waals surface area contributed by atoms with E-state index >= 15 is 0 Å². The minimum Gasteiger partial charge on any atom is -0.465 e. The van der Waals surface area contributed by atoms with Crippen LogP contribution in [-0.2, 0) is 9.53 Å². The number of rotatable bonds is 4. The van der Waals surface area contributed by atoms with Gasteiger partial charge in [0.25, 0.3) is 5.91 Å². The Balaban J connectivity index is 2.67. The van der Waals surface area contributed by atoms with E-state index in [0.717, 1.165) is 3.57 Å². The van der Waals surface area contributed by atoms with Gasteiger partial charge in [-0.1, -0.05) is 6.07 Å². The molecule has 0 aliphatic carbocycles. The van der Waals surface area contributed by atoms with E-state index in [0.29, 0.717) is 12.2 Å². The van der Waals surface area contributed by atoms with Crippen molar-refractivity contribution in [1.82, 2.24) is 4.90 Å². The van der Waals surface area contributed by atoms with Crippen LogP contribution in [-0.4, -0.2) is 37.0 Å². The number of hydrogen-bond donors (Lipinski definition) is 0. The molecule has 0 bridgehead atoms. The average Bonchev–Trinajstić information content (AvgIpc) is 2.28. The molecule has 0 spiro atoms. The normalized spacial score (nSPS) is 9.82. The summed E-state index contributed by atoms with van der Waals surface area (Å²) in [6.45, 7) is 2.03. The zero-order valence-corrected chi connectivity index (χ0v) is 11.9. The molecule has 4 nitrogen and oxygen atoms in total. The molecule has 0 radical (unpaired) electrons. The molecular weight excluding hydrogens is 333 g/mol. The molecule has 0 aliphatic heterocycles. The first-order valence-corrected chi connectivity index (χ1v) is 6.29. The van der Waals surface area contributed by atoms with Gasteiger partial charge in [-0.25, -0.2) is 0 Å². The Morgan fingerprint density at radius 1 is 1.41 bits per heavy atom. The van der Waals surface area contributed by atoms with Crippen LogP contribution in [0.2, 0.25) is 0 Å². The molecule has 0 saturated heterocycles. The van der Waals surface area contributed by atoms with Gasteiger partial charge in [0, 0.05) is 16.2 Å². The highest BCUT2D eigenvalue weighted by Gasteiger charge is 2.15. The van der Waals surface area contributed by atoms with Crippen LogP contribution in [0.15, 0.2) is 24.3 Å². The molecule has 1 aromatic rings. The topological polar surface area (TPSA) is 46.6 Å². The third-order valence-corrected chi connectivity index (χ3v) is 2.76. The third kappa shape index (κ3) is 4.33. The van der Waals surface area contributed by atoms with E-state index in [4.69, 9.17) is 4.74 Å². The fourth-order valence-electron chi connectivity index (χ4n) is 1.31. The number of ether oxygens (including phenoxy) is 1. The number of likely N-dealkylation sites (N-methyl/N-ethyl adjacent to an activating group) is 1. The number of benzene rings is 1. The number of carbonyl (C=O) groups excluding carboxylic acids is 2. The molecule has 0 aromatic heterocycles. The number of carbonyl (C=O) groups is 2. The van der Waals surface area contributed by atoms with Crippen LogP contribution in [0, 0.1) is 3.57 Å². The highest BCUT2D eigenvalue weighted by atomic mass is 127. The van der Waals surface area contributed by atoms with Crippen molar-refractivity contribution in [3.05, 3.63) is 33.4 Å². The molecule has 0 fully saturated rings. The summed E-state index contributed by atoms with van der Waals surface area (Å²) in [5.74, 6) is -0.578. The molecule has 0 saturated carbocycles. The molecule has 5 heteroatoms. The molecule has 0 N–H and O–H groups in total. The summed E-state index contributed by atoms with van der Waals surface area (Å²) in [7, 11) is 1.58. The molecule has 0 aliphatic rings. The number of hydrogen-bond acceptors (Lipinski definition) is 3. The number of esters is 1. The summed E-state index contributed by atoms with van der Waals surface area (Å²) >= 11 is 2.14. The second kappa shape index (κ2) is 6.58. The van der Waals surface area contributed by atoms with Crippen LogP contribution in [0.25, 0.3) is 0 Å². The Hall–Kier alpha value is -1.11. The van der Waals surface area contributed by atoms with Crippen molar-refractivity contribution in [2.75, 3.05) is 20.2 Å². The average molecular weight is 347 g/mol. The van der Waals surface area contributed by atoms with Gasteiger partial charge in [-0.05, 0) is 47.7 Å². The van der Waals surface area contributed by atoms with Crippen molar-refractivity contribution in [2.24, 2.45) is 0 Å². The van der Waals surface area contributed by atoms with E-state index in [1.165, 1.54) is 4.90 Å². The smallest absolute Gasteiger partial charge is 0.325 e. The predicted octanol–water partition coefficient (Wildman–Crippen LogP) is 1.93. The van der Waals surface area contributed by atoms with E-state index in [1.54, 1.807) is 26.1 Å². The third-order valence-electron chi connectivity index (χ3n) is 2.09. The Bertz CT molecular complexity index is 420. The molecule has 0 unspecified atom stereocenters. The van der Waals surface area contributed by atoms with E-state index in [-0.39, 0.29) is 12.5 Å². The maximum atomic E-state index is 12.0.